The van der Waals surface area contributed by atoms with Gasteiger partial charge in [0.1, 0.15) is 72.5 Å². The van der Waals surface area contributed by atoms with Crippen LogP contribution < -0.4 is 4.74 Å². The Balaban J connectivity index is 1.14. The molecule has 2 aromatic carbocycles. The van der Waals surface area contributed by atoms with E-state index in [0.717, 1.165) is 5.56 Å². The van der Waals surface area contributed by atoms with Crippen LogP contribution in [0.1, 0.15) is 62.4 Å². The highest BCUT2D eigenvalue weighted by molar-refractivity contribution is 5.89. The normalized spacial score (nSPS) is 38.2. The van der Waals surface area contributed by atoms with Gasteiger partial charge >= 0.3 is 11.9 Å². The Labute approximate surface area is 404 Å². The van der Waals surface area contributed by atoms with E-state index in [4.69, 9.17) is 47.4 Å². The van der Waals surface area contributed by atoms with Crippen LogP contribution in [-0.2, 0) is 47.4 Å². The molecule has 20 atom stereocenters. The fourth-order valence-corrected chi connectivity index (χ4v) is 9.51. The van der Waals surface area contributed by atoms with Crippen molar-refractivity contribution in [3.05, 3.63) is 83.6 Å². The van der Waals surface area contributed by atoms with Crippen LogP contribution in [0.4, 0.5) is 0 Å². The molecule has 2 aromatic rings. The highest BCUT2D eigenvalue weighted by Crippen LogP contribution is 2.40. The number of aliphatic hydroxyl groups excluding tert-OH is 8. The Morgan fingerprint density at radius 1 is 0.729 bits per heavy atom. The monoisotopic (exact) mass is 990 g/mol. The molecule has 4 aliphatic heterocycles. The van der Waals surface area contributed by atoms with E-state index in [9.17, 15) is 55.5 Å². The van der Waals surface area contributed by atoms with E-state index < -0.39 is 147 Å². The zero-order chi connectivity index (χ0) is 50.4. The molecule has 7 rings (SSSR count). The molecule has 0 aromatic heterocycles. The Kier molecular flexibility index (Phi) is 18.6. The van der Waals surface area contributed by atoms with E-state index >= 15 is 0 Å². The van der Waals surface area contributed by atoms with Gasteiger partial charge in [0.15, 0.2) is 31.1 Å². The van der Waals surface area contributed by atoms with Crippen LogP contribution in [0.3, 0.4) is 0 Å². The lowest BCUT2D eigenvalue weighted by atomic mass is 9.78. The Hall–Kier alpha value is -3.98. The third-order valence-corrected chi connectivity index (χ3v) is 13.4. The van der Waals surface area contributed by atoms with Crippen LogP contribution >= 0.6 is 0 Å². The predicted molar refractivity (Wildman–Crippen MR) is 240 cm³/mol. The van der Waals surface area contributed by atoms with Crippen LogP contribution in [0.25, 0.3) is 6.08 Å². The van der Waals surface area contributed by atoms with Crippen LogP contribution in [0.5, 0.6) is 5.75 Å². The second-order valence-corrected chi connectivity index (χ2v) is 18.5. The van der Waals surface area contributed by atoms with Crippen molar-refractivity contribution in [2.24, 2.45) is 11.8 Å². The van der Waals surface area contributed by atoms with E-state index in [1.807, 2.05) is 24.3 Å². The Morgan fingerprint density at radius 2 is 1.40 bits per heavy atom. The van der Waals surface area contributed by atoms with Crippen molar-refractivity contribution in [1.29, 1.82) is 0 Å². The van der Waals surface area contributed by atoms with Gasteiger partial charge in [-0.2, -0.15) is 0 Å². The molecule has 9 N–H and O–H groups in total. The van der Waals surface area contributed by atoms with Crippen LogP contribution in [0.15, 0.2) is 72.5 Å². The molecular weight excluding hydrogens is 925 g/mol. The van der Waals surface area contributed by atoms with Crippen molar-refractivity contribution in [2.45, 2.75) is 157 Å². The number of hydrogen-bond acceptors (Lipinski definition) is 20. The van der Waals surface area contributed by atoms with Gasteiger partial charge < -0.3 is 93.3 Å². The number of fused-ring (bicyclic) bond motifs is 1. The summed E-state index contributed by atoms with van der Waals surface area (Å²) in [5, 5.41) is 97.2. The molecule has 4 fully saturated rings. The van der Waals surface area contributed by atoms with Crippen molar-refractivity contribution < 1.29 is 103 Å². The average Bonchev–Trinajstić information content (AvgIpc) is 3.34. The maximum atomic E-state index is 13.7. The molecule has 21 heteroatoms. The molecule has 70 heavy (non-hydrogen) atoms. The number of carbonyl (C=O) groups excluding carboxylic acids is 1. The van der Waals surface area contributed by atoms with Crippen molar-refractivity contribution in [3.63, 3.8) is 0 Å². The number of aliphatic hydroxyl groups is 8. The van der Waals surface area contributed by atoms with Gasteiger partial charge in [0.25, 0.3) is 0 Å². The van der Waals surface area contributed by atoms with E-state index in [-0.39, 0.29) is 31.6 Å². The van der Waals surface area contributed by atoms with Crippen molar-refractivity contribution >= 4 is 18.0 Å². The SMILES string of the molecule is C=C1Oc2ccccc2C=C1COC1C(O)[C@@H](OCC2CC(C)[C@@H](O[C@@H]3OC(C)[C@@H](O)[C@H](O)C3O)[C@H](O[C@@H]3O[C@@H](CO)[C@H](O)C(O[C@@H](CCC)C(=O)O)C3OC(=O)c3ccccc3)C2)OC(CO)[C@H]1O. The lowest BCUT2D eigenvalue weighted by molar-refractivity contribution is -0.350. The van der Waals surface area contributed by atoms with Crippen molar-refractivity contribution in [3.8, 4) is 5.75 Å². The van der Waals surface area contributed by atoms with Crippen molar-refractivity contribution in [2.75, 3.05) is 26.4 Å². The van der Waals surface area contributed by atoms with Gasteiger partial charge in [-0.3, -0.25) is 0 Å². The lowest BCUT2D eigenvalue weighted by Crippen LogP contribution is -2.64. The van der Waals surface area contributed by atoms with Gasteiger partial charge in [-0.25, -0.2) is 9.59 Å². The first-order valence-electron chi connectivity index (χ1n) is 23.6. The summed E-state index contributed by atoms with van der Waals surface area (Å²) in [5.41, 5.74) is 1.42. The summed E-state index contributed by atoms with van der Waals surface area (Å²) in [6.07, 6.45) is -23.5. The zero-order valence-corrected chi connectivity index (χ0v) is 39.1. The summed E-state index contributed by atoms with van der Waals surface area (Å²) < 4.78 is 61.0. The smallest absolute Gasteiger partial charge is 0.338 e. The molecule has 5 aliphatic rings. The number of ether oxygens (including phenoxy) is 10. The summed E-state index contributed by atoms with van der Waals surface area (Å²) in [7, 11) is 0. The predicted octanol–water partition coefficient (Wildman–Crippen LogP) is 0.403. The van der Waals surface area contributed by atoms with Crippen LogP contribution in [0.2, 0.25) is 0 Å². The van der Waals surface area contributed by atoms with E-state index in [1.165, 1.54) is 19.1 Å². The highest BCUT2D eigenvalue weighted by Gasteiger charge is 2.54. The number of carboxylic acids is 1. The highest BCUT2D eigenvalue weighted by atomic mass is 16.8. The fourth-order valence-electron chi connectivity index (χ4n) is 9.51. The molecule has 0 bridgehead atoms. The summed E-state index contributed by atoms with van der Waals surface area (Å²) in [6.45, 7) is 7.28. The third kappa shape index (κ3) is 12.3. The molecule has 1 saturated carbocycles. The van der Waals surface area contributed by atoms with E-state index in [2.05, 4.69) is 6.58 Å². The minimum Gasteiger partial charge on any atom is -0.479 e. The number of carboxylic acid groups (broad SMARTS) is 1. The summed E-state index contributed by atoms with van der Waals surface area (Å²) >= 11 is 0. The number of benzene rings is 2. The number of aliphatic carboxylic acids is 1. The molecule has 9 unspecified atom stereocenters. The van der Waals surface area contributed by atoms with E-state index in [1.54, 1.807) is 38.1 Å². The first kappa shape index (κ1) is 53.8. The maximum absolute atomic E-state index is 13.7. The van der Waals surface area contributed by atoms with Gasteiger partial charge in [-0.15, -0.1) is 0 Å². The van der Waals surface area contributed by atoms with Gasteiger partial charge in [0.2, 0.25) is 0 Å². The Bertz CT molecular complexity index is 2070. The molecule has 0 radical (unpaired) electrons. The molecule has 21 nitrogen and oxygen atoms in total. The number of para-hydroxylation sites is 1. The number of carbonyl (C=O) groups is 2. The molecule has 0 amide bonds. The van der Waals surface area contributed by atoms with Crippen LogP contribution in [0, 0.1) is 11.8 Å². The minimum absolute atomic E-state index is 0.0105. The number of rotatable bonds is 19. The second kappa shape index (κ2) is 24.2. The van der Waals surface area contributed by atoms with Gasteiger partial charge in [-0.1, -0.05) is 63.2 Å². The first-order chi connectivity index (χ1) is 33.5. The summed E-state index contributed by atoms with van der Waals surface area (Å²) in [6, 6.07) is 15.1. The first-order valence-corrected chi connectivity index (χ1v) is 23.6. The summed E-state index contributed by atoms with van der Waals surface area (Å²) in [5.74, 6) is -2.31. The number of hydrogen-bond donors (Lipinski definition) is 9. The third-order valence-electron chi connectivity index (χ3n) is 13.4. The lowest BCUT2D eigenvalue weighted by Gasteiger charge is -2.48. The summed E-state index contributed by atoms with van der Waals surface area (Å²) in [4.78, 5) is 26.1. The fraction of sp³-hybridized carbons (Fsp3) is 0.633. The van der Waals surface area contributed by atoms with E-state index in [0.29, 0.717) is 29.9 Å². The maximum Gasteiger partial charge on any atom is 0.338 e. The topological polar surface area (TPSA) is 309 Å². The molecule has 388 valence electrons. The minimum atomic E-state index is -1.73. The standard InChI is InChI=1S/C49H66O21/c1-5-11-31(45(58)59)65-43-37(54)34(20-51)68-49(44(43)69-46(60)27-12-7-6-8-13-27)66-32-17-26(16-23(2)41(32)70-48-39(56)38(55)35(52)25(4)64-48)21-62-47-40(57)42(36(53)33(19-50)67-47)61-22-29-18-28-14-9-10-15-30(28)63-24(29)3/h6-10,12-15,18,23,25-26,31-44,47-57H,3,5,11,16-17,19-22H2,1-2,4H3,(H,58,59)/t23?,25?,26?,31-,32+,33?,34-,35+,36+,37-,38-,39?,40?,41+,42?,43?,44?,47-,48-,49+/m0/s1. The van der Waals surface area contributed by atoms with Crippen molar-refractivity contribution in [1.82, 2.24) is 0 Å². The molecule has 3 saturated heterocycles. The van der Waals surface area contributed by atoms with Gasteiger partial charge in [-0.05, 0) is 62.3 Å². The van der Waals surface area contributed by atoms with Gasteiger partial charge in [0, 0.05) is 11.1 Å². The zero-order valence-electron chi connectivity index (χ0n) is 39.1. The quantitative estimate of drug-likeness (QED) is 0.0861. The largest absolute Gasteiger partial charge is 0.479 e. The number of esters is 1. The average molecular weight is 991 g/mol. The molecular formula is C49H66O21. The van der Waals surface area contributed by atoms with Crippen LogP contribution in [-0.4, -0.2) is 195 Å². The molecule has 1 aliphatic carbocycles. The van der Waals surface area contributed by atoms with Gasteiger partial charge in [0.05, 0.1) is 50.3 Å². The molecule has 4 heterocycles. The molecule has 0 spiro atoms. The Morgan fingerprint density at radius 3 is 2.09 bits per heavy atom. The second-order valence-electron chi connectivity index (χ2n) is 18.5.